The van der Waals surface area contributed by atoms with E-state index in [1.165, 1.54) is 43.2 Å². The van der Waals surface area contributed by atoms with Crippen molar-refractivity contribution in [3.63, 3.8) is 0 Å². The summed E-state index contributed by atoms with van der Waals surface area (Å²) in [5.74, 6) is 0.998. The van der Waals surface area contributed by atoms with Crippen LogP contribution in [0.25, 0.3) is 0 Å². The quantitative estimate of drug-likeness (QED) is 0.431. The van der Waals surface area contributed by atoms with E-state index >= 15 is 0 Å². The smallest absolute Gasteiger partial charge is 0.119 e. The summed E-state index contributed by atoms with van der Waals surface area (Å²) < 4.78 is 0. The van der Waals surface area contributed by atoms with Crippen LogP contribution in [0.15, 0.2) is 36.4 Å². The second-order valence-corrected chi connectivity index (χ2v) is 10.8. The van der Waals surface area contributed by atoms with Gasteiger partial charge in [-0.3, -0.25) is 0 Å². The number of phenols is 2. The van der Waals surface area contributed by atoms with Gasteiger partial charge in [0, 0.05) is 5.92 Å². The van der Waals surface area contributed by atoms with Gasteiger partial charge in [0.25, 0.3) is 0 Å². The van der Waals surface area contributed by atoms with Crippen LogP contribution >= 0.6 is 0 Å². The number of unbranched alkanes of at least 4 members (excludes halogenated alkanes) is 4. The minimum Gasteiger partial charge on any atom is -0.508 e. The first-order valence-electron chi connectivity index (χ1n) is 11.6. The van der Waals surface area contributed by atoms with Crippen LogP contribution in [-0.2, 0) is 10.8 Å². The molecule has 0 unspecified atom stereocenters. The van der Waals surface area contributed by atoms with Crippen LogP contribution in [0, 0.1) is 0 Å². The van der Waals surface area contributed by atoms with E-state index in [-0.39, 0.29) is 16.7 Å². The summed E-state index contributed by atoms with van der Waals surface area (Å²) >= 11 is 0. The minimum absolute atomic E-state index is 0.114. The minimum atomic E-state index is -0.114. The molecule has 2 rings (SSSR count). The topological polar surface area (TPSA) is 40.5 Å². The van der Waals surface area contributed by atoms with Crippen molar-refractivity contribution in [3.8, 4) is 11.5 Å². The van der Waals surface area contributed by atoms with Gasteiger partial charge < -0.3 is 10.2 Å². The normalized spacial score (nSPS) is 12.5. The van der Waals surface area contributed by atoms with Gasteiger partial charge in [-0.15, -0.1) is 0 Å². The van der Waals surface area contributed by atoms with Crippen molar-refractivity contribution in [2.24, 2.45) is 0 Å². The number of rotatable bonds is 8. The van der Waals surface area contributed by atoms with Crippen molar-refractivity contribution in [3.05, 3.63) is 58.7 Å². The predicted octanol–water partition coefficient (Wildman–Crippen LogP) is 8.19. The van der Waals surface area contributed by atoms with Gasteiger partial charge in [0.1, 0.15) is 11.5 Å². The fraction of sp³-hybridized carbons (Fsp3) is 0.571. The predicted molar refractivity (Wildman–Crippen MR) is 129 cm³/mol. The summed E-state index contributed by atoms with van der Waals surface area (Å²) in [6, 6.07) is 12.2. The lowest BCUT2D eigenvalue weighted by molar-refractivity contribution is 0.445. The monoisotopic (exact) mass is 410 g/mol. The van der Waals surface area contributed by atoms with Gasteiger partial charge in [0.2, 0.25) is 0 Å². The standard InChI is InChI=1S/C28H42O2/c1-8-9-10-11-12-13-22(20-14-16-25(29)23(18-20)27(2,3)4)21-15-17-26(30)24(19-21)28(5,6)7/h14-19,22,29-30H,8-13H2,1-7H3. The molecule has 0 amide bonds. The van der Waals surface area contributed by atoms with Crippen LogP contribution in [0.3, 0.4) is 0 Å². The Kier molecular flexibility index (Phi) is 8.02. The van der Waals surface area contributed by atoms with Gasteiger partial charge in [-0.05, 0) is 51.6 Å². The molecule has 30 heavy (non-hydrogen) atoms. The summed E-state index contributed by atoms with van der Waals surface area (Å²) in [5.41, 5.74) is 4.25. The van der Waals surface area contributed by atoms with Crippen LogP contribution in [0.5, 0.6) is 11.5 Å². The fourth-order valence-electron chi connectivity index (χ4n) is 4.22. The summed E-state index contributed by atoms with van der Waals surface area (Å²) in [6.07, 6.45) is 7.34. The molecule has 0 radical (unpaired) electrons. The maximum absolute atomic E-state index is 10.5. The number of benzene rings is 2. The molecule has 0 atom stereocenters. The largest absolute Gasteiger partial charge is 0.508 e. The summed E-state index contributed by atoms with van der Waals surface area (Å²) in [7, 11) is 0. The summed E-state index contributed by atoms with van der Waals surface area (Å²) in [4.78, 5) is 0. The number of aromatic hydroxyl groups is 2. The molecule has 2 aromatic rings. The van der Waals surface area contributed by atoms with Crippen molar-refractivity contribution in [1.29, 1.82) is 0 Å². The van der Waals surface area contributed by atoms with E-state index in [1.54, 1.807) is 0 Å². The molecular formula is C28H42O2. The average molecular weight is 411 g/mol. The third-order valence-corrected chi connectivity index (χ3v) is 6.06. The Hall–Kier alpha value is -1.96. The maximum Gasteiger partial charge on any atom is 0.119 e. The third-order valence-electron chi connectivity index (χ3n) is 6.06. The molecule has 2 nitrogen and oxygen atoms in total. The number of hydrogen-bond acceptors (Lipinski definition) is 2. The number of phenolic OH excluding ortho intramolecular Hbond substituents is 2. The van der Waals surface area contributed by atoms with E-state index in [0.29, 0.717) is 11.5 Å². The molecule has 0 aliphatic heterocycles. The van der Waals surface area contributed by atoms with Crippen LogP contribution in [0.2, 0.25) is 0 Å². The summed E-state index contributed by atoms with van der Waals surface area (Å²) in [5, 5.41) is 20.9. The van der Waals surface area contributed by atoms with Gasteiger partial charge in [-0.1, -0.05) is 105 Å². The van der Waals surface area contributed by atoms with Gasteiger partial charge in [0.15, 0.2) is 0 Å². The Morgan fingerprint density at radius 3 is 1.50 bits per heavy atom. The van der Waals surface area contributed by atoms with E-state index in [1.807, 2.05) is 12.1 Å². The van der Waals surface area contributed by atoms with E-state index in [9.17, 15) is 10.2 Å². The first kappa shape index (κ1) is 24.3. The molecule has 0 heterocycles. The van der Waals surface area contributed by atoms with Gasteiger partial charge in [0.05, 0.1) is 0 Å². The van der Waals surface area contributed by atoms with E-state index < -0.39 is 0 Å². The van der Waals surface area contributed by atoms with Crippen LogP contribution in [-0.4, -0.2) is 10.2 Å². The van der Waals surface area contributed by atoms with Crippen molar-refractivity contribution in [1.82, 2.24) is 0 Å². The van der Waals surface area contributed by atoms with Crippen LogP contribution in [0.1, 0.15) is 115 Å². The Morgan fingerprint density at radius 2 is 1.10 bits per heavy atom. The Labute approximate surface area is 184 Å². The lowest BCUT2D eigenvalue weighted by atomic mass is 9.79. The van der Waals surface area contributed by atoms with Crippen molar-refractivity contribution in [2.75, 3.05) is 0 Å². The van der Waals surface area contributed by atoms with E-state index in [0.717, 1.165) is 17.5 Å². The SMILES string of the molecule is CCCCCCCC(c1ccc(O)c(C(C)(C)C)c1)c1ccc(O)c(C(C)(C)C)c1. The number of hydrogen-bond donors (Lipinski definition) is 2. The van der Waals surface area contributed by atoms with Gasteiger partial charge in [-0.2, -0.15) is 0 Å². The van der Waals surface area contributed by atoms with E-state index in [2.05, 4.69) is 72.7 Å². The highest BCUT2D eigenvalue weighted by molar-refractivity contribution is 5.47. The Balaban J connectivity index is 2.46. The van der Waals surface area contributed by atoms with E-state index in [4.69, 9.17) is 0 Å². The molecule has 0 saturated heterocycles. The van der Waals surface area contributed by atoms with Crippen LogP contribution in [0.4, 0.5) is 0 Å². The van der Waals surface area contributed by atoms with Crippen molar-refractivity contribution >= 4 is 0 Å². The van der Waals surface area contributed by atoms with Crippen molar-refractivity contribution < 1.29 is 10.2 Å². The van der Waals surface area contributed by atoms with Crippen molar-refractivity contribution in [2.45, 2.75) is 104 Å². The lowest BCUT2D eigenvalue weighted by Gasteiger charge is -2.26. The molecule has 2 aromatic carbocycles. The highest BCUT2D eigenvalue weighted by Gasteiger charge is 2.24. The zero-order chi connectivity index (χ0) is 22.5. The van der Waals surface area contributed by atoms with Gasteiger partial charge in [-0.25, -0.2) is 0 Å². The molecule has 0 spiro atoms. The molecule has 0 aliphatic carbocycles. The summed E-state index contributed by atoms with van der Waals surface area (Å²) in [6.45, 7) is 15.1. The average Bonchev–Trinajstić information content (AvgIpc) is 2.64. The Bertz CT molecular complexity index is 758. The molecular weight excluding hydrogens is 368 g/mol. The first-order chi connectivity index (χ1) is 13.9. The molecule has 0 aromatic heterocycles. The first-order valence-corrected chi connectivity index (χ1v) is 11.6. The highest BCUT2D eigenvalue weighted by Crippen LogP contribution is 2.39. The molecule has 0 saturated carbocycles. The molecule has 0 fully saturated rings. The maximum atomic E-state index is 10.5. The van der Waals surface area contributed by atoms with Crippen LogP contribution < -0.4 is 0 Å². The molecule has 2 heteroatoms. The second kappa shape index (κ2) is 9.90. The fourth-order valence-corrected chi connectivity index (χ4v) is 4.22. The molecule has 0 aliphatic rings. The Morgan fingerprint density at radius 1 is 0.667 bits per heavy atom. The highest BCUT2D eigenvalue weighted by atomic mass is 16.3. The molecule has 166 valence electrons. The third kappa shape index (κ3) is 6.27. The molecule has 0 bridgehead atoms. The molecule has 2 N–H and O–H groups in total. The zero-order valence-electron chi connectivity index (χ0n) is 20.2. The zero-order valence-corrected chi connectivity index (χ0v) is 20.2. The lowest BCUT2D eigenvalue weighted by Crippen LogP contribution is -2.14. The van der Waals surface area contributed by atoms with Gasteiger partial charge >= 0.3 is 0 Å². The second-order valence-electron chi connectivity index (χ2n) is 10.8.